The van der Waals surface area contributed by atoms with E-state index in [2.05, 4.69) is 28.8 Å². The number of piperidine rings is 1. The average molecular weight is 237 g/mol. The fraction of sp³-hybridized carbons (Fsp3) is 1.00. The minimum Gasteiger partial charge on any atom is -0.306 e. The van der Waals surface area contributed by atoms with Crippen molar-refractivity contribution in [1.82, 2.24) is 14.7 Å². The van der Waals surface area contributed by atoms with Gasteiger partial charge in [0.25, 0.3) is 0 Å². The standard InChI is InChI=1S/C14H27N3/c1-15-5-3-12(4-6-15)7-17-10-14(11-17)13-8-16(2)9-13/h12-14H,3-11H2,1-2H3. The summed E-state index contributed by atoms with van der Waals surface area (Å²) in [5.74, 6) is 3.03. The number of hydrogen-bond donors (Lipinski definition) is 0. The van der Waals surface area contributed by atoms with Crippen LogP contribution in [-0.2, 0) is 0 Å². The Morgan fingerprint density at radius 3 is 2.00 bits per heavy atom. The highest BCUT2D eigenvalue weighted by Gasteiger charge is 2.39. The number of hydrogen-bond acceptors (Lipinski definition) is 3. The molecule has 0 aromatic rings. The molecule has 98 valence electrons. The zero-order valence-corrected chi connectivity index (χ0v) is 11.4. The van der Waals surface area contributed by atoms with Gasteiger partial charge in [-0.2, -0.15) is 0 Å². The van der Waals surface area contributed by atoms with Gasteiger partial charge >= 0.3 is 0 Å². The molecule has 0 aliphatic carbocycles. The molecular weight excluding hydrogens is 210 g/mol. The van der Waals surface area contributed by atoms with E-state index in [1.807, 2.05) is 0 Å². The first kappa shape index (κ1) is 11.9. The fourth-order valence-electron chi connectivity index (χ4n) is 3.71. The van der Waals surface area contributed by atoms with Crippen LogP contribution in [0.2, 0.25) is 0 Å². The molecule has 3 saturated heterocycles. The molecule has 0 unspecified atom stereocenters. The summed E-state index contributed by atoms with van der Waals surface area (Å²) < 4.78 is 0. The van der Waals surface area contributed by atoms with E-state index in [1.54, 1.807) is 0 Å². The summed E-state index contributed by atoms with van der Waals surface area (Å²) >= 11 is 0. The van der Waals surface area contributed by atoms with Crippen molar-refractivity contribution in [3.8, 4) is 0 Å². The second-order valence-corrected chi connectivity index (χ2v) is 6.71. The Hall–Kier alpha value is -0.120. The Bertz CT molecular complexity index is 248. The molecule has 0 saturated carbocycles. The van der Waals surface area contributed by atoms with Crippen LogP contribution < -0.4 is 0 Å². The van der Waals surface area contributed by atoms with Gasteiger partial charge in [-0.15, -0.1) is 0 Å². The van der Waals surface area contributed by atoms with E-state index in [1.165, 1.54) is 58.7 Å². The lowest BCUT2D eigenvalue weighted by Gasteiger charge is -2.50. The first-order chi connectivity index (χ1) is 8.20. The van der Waals surface area contributed by atoms with Crippen molar-refractivity contribution in [3.63, 3.8) is 0 Å². The SMILES string of the molecule is CN1CCC(CN2CC(C3CN(C)C3)C2)CC1. The van der Waals surface area contributed by atoms with Crippen LogP contribution in [0, 0.1) is 17.8 Å². The number of rotatable bonds is 3. The maximum absolute atomic E-state index is 2.71. The van der Waals surface area contributed by atoms with Gasteiger partial charge in [0, 0.05) is 32.7 Å². The van der Waals surface area contributed by atoms with Crippen LogP contribution in [-0.4, -0.2) is 74.6 Å². The Labute approximate surface area is 106 Å². The minimum absolute atomic E-state index is 0.983. The molecule has 0 amide bonds. The summed E-state index contributed by atoms with van der Waals surface area (Å²) in [5, 5.41) is 0. The highest BCUT2D eigenvalue weighted by atomic mass is 15.2. The summed E-state index contributed by atoms with van der Waals surface area (Å²) in [5.41, 5.74) is 0. The van der Waals surface area contributed by atoms with E-state index >= 15 is 0 Å². The third-order valence-electron chi connectivity index (χ3n) is 5.10. The zero-order chi connectivity index (χ0) is 11.8. The second kappa shape index (κ2) is 4.87. The van der Waals surface area contributed by atoms with Crippen LogP contribution in [0.4, 0.5) is 0 Å². The van der Waals surface area contributed by atoms with Crippen molar-refractivity contribution in [2.75, 3.05) is 59.9 Å². The second-order valence-electron chi connectivity index (χ2n) is 6.71. The molecule has 0 N–H and O–H groups in total. The predicted octanol–water partition coefficient (Wildman–Crippen LogP) is 0.822. The van der Waals surface area contributed by atoms with Gasteiger partial charge in [0.2, 0.25) is 0 Å². The Morgan fingerprint density at radius 2 is 1.41 bits per heavy atom. The maximum atomic E-state index is 2.71. The molecule has 3 aliphatic rings. The molecule has 3 heterocycles. The van der Waals surface area contributed by atoms with Gasteiger partial charge in [-0.3, -0.25) is 0 Å². The molecule has 0 aromatic carbocycles. The molecule has 3 heteroatoms. The third kappa shape index (κ3) is 2.67. The van der Waals surface area contributed by atoms with Crippen molar-refractivity contribution in [2.45, 2.75) is 12.8 Å². The molecule has 17 heavy (non-hydrogen) atoms. The first-order valence-electron chi connectivity index (χ1n) is 7.30. The average Bonchev–Trinajstić information content (AvgIpc) is 2.22. The molecule has 0 atom stereocenters. The topological polar surface area (TPSA) is 9.72 Å². The molecule has 0 bridgehead atoms. The van der Waals surface area contributed by atoms with Crippen molar-refractivity contribution in [1.29, 1.82) is 0 Å². The van der Waals surface area contributed by atoms with E-state index < -0.39 is 0 Å². The van der Waals surface area contributed by atoms with Gasteiger partial charge in [-0.05, 0) is 57.8 Å². The predicted molar refractivity (Wildman–Crippen MR) is 71.1 cm³/mol. The zero-order valence-electron chi connectivity index (χ0n) is 11.4. The van der Waals surface area contributed by atoms with Gasteiger partial charge in [-0.1, -0.05) is 0 Å². The van der Waals surface area contributed by atoms with Gasteiger partial charge < -0.3 is 14.7 Å². The van der Waals surface area contributed by atoms with Gasteiger partial charge in [0.15, 0.2) is 0 Å². The smallest absolute Gasteiger partial charge is 0.00258 e. The quantitative estimate of drug-likeness (QED) is 0.719. The minimum atomic E-state index is 0.983. The van der Waals surface area contributed by atoms with Crippen molar-refractivity contribution in [3.05, 3.63) is 0 Å². The Morgan fingerprint density at radius 1 is 0.824 bits per heavy atom. The van der Waals surface area contributed by atoms with E-state index in [4.69, 9.17) is 0 Å². The molecular formula is C14H27N3. The monoisotopic (exact) mass is 237 g/mol. The van der Waals surface area contributed by atoms with Crippen LogP contribution in [0.1, 0.15) is 12.8 Å². The Kier molecular flexibility index (Phi) is 3.42. The molecule has 0 aromatic heterocycles. The van der Waals surface area contributed by atoms with Gasteiger partial charge in [-0.25, -0.2) is 0 Å². The van der Waals surface area contributed by atoms with E-state index in [-0.39, 0.29) is 0 Å². The molecule has 3 nitrogen and oxygen atoms in total. The van der Waals surface area contributed by atoms with Crippen LogP contribution in [0.15, 0.2) is 0 Å². The van der Waals surface area contributed by atoms with E-state index in [0.717, 1.165) is 17.8 Å². The fourth-order valence-corrected chi connectivity index (χ4v) is 3.71. The summed E-state index contributed by atoms with van der Waals surface area (Å²) in [6.07, 6.45) is 2.84. The summed E-state index contributed by atoms with van der Waals surface area (Å²) in [7, 11) is 4.49. The molecule has 0 spiro atoms. The molecule has 3 rings (SSSR count). The van der Waals surface area contributed by atoms with Crippen molar-refractivity contribution >= 4 is 0 Å². The maximum Gasteiger partial charge on any atom is 0.00258 e. The molecule has 0 radical (unpaired) electrons. The van der Waals surface area contributed by atoms with Crippen LogP contribution in [0.25, 0.3) is 0 Å². The van der Waals surface area contributed by atoms with E-state index in [0.29, 0.717) is 0 Å². The van der Waals surface area contributed by atoms with Crippen molar-refractivity contribution in [2.24, 2.45) is 17.8 Å². The first-order valence-corrected chi connectivity index (χ1v) is 7.30. The Balaban J connectivity index is 1.33. The summed E-state index contributed by atoms with van der Waals surface area (Å²) in [6, 6.07) is 0. The largest absolute Gasteiger partial charge is 0.306 e. The lowest BCUT2D eigenvalue weighted by atomic mass is 9.80. The highest BCUT2D eigenvalue weighted by molar-refractivity contribution is 4.92. The van der Waals surface area contributed by atoms with Gasteiger partial charge in [0.05, 0.1) is 0 Å². The third-order valence-corrected chi connectivity index (χ3v) is 5.10. The summed E-state index contributed by atoms with van der Waals surface area (Å²) in [6.45, 7) is 9.51. The summed E-state index contributed by atoms with van der Waals surface area (Å²) in [4.78, 5) is 7.63. The molecule has 3 aliphatic heterocycles. The normalized spacial score (nSPS) is 31.4. The van der Waals surface area contributed by atoms with Crippen LogP contribution >= 0.6 is 0 Å². The highest BCUT2D eigenvalue weighted by Crippen LogP contribution is 2.31. The van der Waals surface area contributed by atoms with E-state index in [9.17, 15) is 0 Å². The van der Waals surface area contributed by atoms with Crippen LogP contribution in [0.3, 0.4) is 0 Å². The van der Waals surface area contributed by atoms with Crippen molar-refractivity contribution < 1.29 is 0 Å². The number of nitrogens with zero attached hydrogens (tertiary/aromatic N) is 3. The lowest BCUT2D eigenvalue weighted by molar-refractivity contribution is -0.0207. The van der Waals surface area contributed by atoms with Crippen LogP contribution in [0.5, 0.6) is 0 Å². The molecule has 3 fully saturated rings. The lowest BCUT2D eigenvalue weighted by Crippen LogP contribution is -2.59. The van der Waals surface area contributed by atoms with Gasteiger partial charge in [0.1, 0.15) is 0 Å². The number of likely N-dealkylation sites (tertiary alicyclic amines) is 3.